The molecule has 1 aliphatic heterocycles. The predicted molar refractivity (Wildman–Crippen MR) is 20.8 cm³/mol. The lowest BCUT2D eigenvalue weighted by atomic mass is 14.4. The summed E-state index contributed by atoms with van der Waals surface area (Å²) in [6.45, 7) is -3.15. The molecule has 0 spiro atoms. The van der Waals surface area contributed by atoms with Crippen molar-refractivity contribution < 1.29 is 24.3 Å². The smallest absolute Gasteiger partial charge is 0.321 e. The van der Waals surface area contributed by atoms with Crippen molar-refractivity contribution in [3.05, 3.63) is 0 Å². The zero-order valence-corrected chi connectivity index (χ0v) is 4.65. The van der Waals surface area contributed by atoms with E-state index < -0.39 is 6.72 Å². The summed E-state index contributed by atoms with van der Waals surface area (Å²) in [4.78, 5) is 8.43. The maximum atomic E-state index is 8.43. The van der Waals surface area contributed by atoms with E-state index in [9.17, 15) is 0 Å². The van der Waals surface area contributed by atoms with E-state index in [1.54, 1.807) is 0 Å². The molecule has 0 aromatic carbocycles. The Labute approximate surface area is 43.8 Å². The first-order valence-corrected chi connectivity index (χ1v) is 3.84. The van der Waals surface area contributed by atoms with E-state index in [-0.39, 0.29) is 0 Å². The maximum Gasteiger partial charge on any atom is 0.387 e. The van der Waals surface area contributed by atoms with Gasteiger partial charge in [0.2, 0.25) is 0 Å². The molecule has 1 heterocycles. The molecule has 7 heteroatoms. The van der Waals surface area contributed by atoms with Gasteiger partial charge in [0.1, 0.15) is 0 Å². The second-order valence-electron chi connectivity index (χ2n) is 0.754. The molecule has 5 nitrogen and oxygen atoms in total. The van der Waals surface area contributed by atoms with E-state index in [1.807, 2.05) is 0 Å². The van der Waals surface area contributed by atoms with Crippen molar-refractivity contribution in [3.8, 4) is 0 Å². The molecule has 0 aromatic rings. The number of hydrogen-bond donors (Lipinski definition) is 1. The van der Waals surface area contributed by atoms with Gasteiger partial charge in [-0.15, -0.1) is 9.35 Å². The molecule has 0 aromatic heterocycles. The van der Waals surface area contributed by atoms with Gasteiger partial charge in [-0.05, 0) is 21.9 Å². The molecule has 1 fully saturated rings. The van der Waals surface area contributed by atoms with Crippen LogP contribution in [0.3, 0.4) is 0 Å². The zero-order chi connectivity index (χ0) is 5.33. The third-order valence-corrected chi connectivity index (χ3v) is 1.14. The van der Waals surface area contributed by atoms with Gasteiger partial charge in [0.25, 0.3) is 0 Å². The first-order valence-electron chi connectivity index (χ1n) is 1.25. The van der Waals surface area contributed by atoms with Crippen LogP contribution in [0, 0.1) is 0 Å². The SMILES string of the molecule is OP1(=S)OOOO1. The van der Waals surface area contributed by atoms with Gasteiger partial charge in [-0.25, -0.2) is 0 Å². The van der Waals surface area contributed by atoms with Crippen molar-refractivity contribution in [3.63, 3.8) is 0 Å². The van der Waals surface area contributed by atoms with Crippen LogP contribution in [0.4, 0.5) is 0 Å². The largest absolute Gasteiger partial charge is 0.387 e. The average molecular weight is 144 g/mol. The van der Waals surface area contributed by atoms with Gasteiger partial charge >= 0.3 is 6.72 Å². The summed E-state index contributed by atoms with van der Waals surface area (Å²) in [5.41, 5.74) is 0. The van der Waals surface area contributed by atoms with Crippen molar-refractivity contribution in [2.75, 3.05) is 0 Å². The Morgan fingerprint density at radius 2 is 1.71 bits per heavy atom. The molecule has 1 aliphatic rings. The molecule has 0 aliphatic carbocycles. The van der Waals surface area contributed by atoms with Gasteiger partial charge in [-0.3, -0.25) is 0 Å². The highest BCUT2D eigenvalue weighted by atomic mass is 32.5. The minimum Gasteiger partial charge on any atom is -0.321 e. The molecule has 0 unspecified atom stereocenters. The van der Waals surface area contributed by atoms with E-state index in [1.165, 1.54) is 0 Å². The highest BCUT2D eigenvalue weighted by Crippen LogP contribution is 2.48. The lowest BCUT2D eigenvalue weighted by molar-refractivity contribution is -0.532. The van der Waals surface area contributed by atoms with Crippen LogP contribution in [0.2, 0.25) is 0 Å². The van der Waals surface area contributed by atoms with Gasteiger partial charge in [-0.2, -0.15) is 0 Å². The lowest BCUT2D eigenvalue weighted by Crippen LogP contribution is -1.71. The fourth-order valence-electron chi connectivity index (χ4n) is 0.114. The molecule has 0 radical (unpaired) electrons. The standard InChI is InChI=1S/HO5PS/c1-6(7)4-2-3-5-6/h(H,1,7). The van der Waals surface area contributed by atoms with Gasteiger partial charge in [0.15, 0.2) is 0 Å². The van der Waals surface area contributed by atoms with Gasteiger partial charge < -0.3 is 4.89 Å². The Hall–Kier alpha value is 0.450. The summed E-state index contributed by atoms with van der Waals surface area (Å²) in [5.74, 6) is 0. The Morgan fingerprint density at radius 3 is 1.86 bits per heavy atom. The van der Waals surface area contributed by atoms with Gasteiger partial charge in [-0.1, -0.05) is 0 Å². The molecule has 1 N–H and O–H groups in total. The van der Waals surface area contributed by atoms with Crippen LogP contribution in [0.15, 0.2) is 0 Å². The van der Waals surface area contributed by atoms with Crippen LogP contribution < -0.4 is 0 Å². The van der Waals surface area contributed by atoms with E-state index in [2.05, 4.69) is 31.2 Å². The number of rotatable bonds is 0. The van der Waals surface area contributed by atoms with E-state index in [0.29, 0.717) is 0 Å². The van der Waals surface area contributed by atoms with Crippen LogP contribution in [0.5, 0.6) is 0 Å². The molecule has 1 saturated heterocycles. The van der Waals surface area contributed by atoms with E-state index >= 15 is 0 Å². The Morgan fingerprint density at radius 1 is 1.29 bits per heavy atom. The quantitative estimate of drug-likeness (QED) is 0.382. The van der Waals surface area contributed by atoms with Crippen molar-refractivity contribution in [1.29, 1.82) is 0 Å². The third kappa shape index (κ3) is 1.43. The molecule has 7 heavy (non-hydrogen) atoms. The first kappa shape index (κ1) is 5.58. The predicted octanol–water partition coefficient (Wildman–Crippen LogP) is 0.0282. The zero-order valence-electron chi connectivity index (χ0n) is 2.94. The highest BCUT2D eigenvalue weighted by Gasteiger charge is 2.26. The highest BCUT2D eigenvalue weighted by molar-refractivity contribution is 8.07. The Kier molecular flexibility index (Phi) is 1.40. The average Bonchev–Trinajstić information content (AvgIpc) is 1.84. The molecule has 0 saturated carbocycles. The molecular weight excluding hydrogens is 143 g/mol. The number of hydrogen-bond acceptors (Lipinski definition) is 5. The van der Waals surface area contributed by atoms with Crippen molar-refractivity contribution >= 4 is 18.5 Å². The minimum absolute atomic E-state index is 3.15. The van der Waals surface area contributed by atoms with Crippen LogP contribution >= 0.6 is 6.72 Å². The third-order valence-electron chi connectivity index (χ3n) is 0.277. The molecule has 0 atom stereocenters. The van der Waals surface area contributed by atoms with Crippen molar-refractivity contribution in [2.45, 2.75) is 0 Å². The maximum absolute atomic E-state index is 8.43. The summed E-state index contributed by atoms with van der Waals surface area (Å²) in [5, 5.41) is 7.27. The fraction of sp³-hybridized carbons (Fsp3) is 0. The van der Waals surface area contributed by atoms with Crippen LogP contribution in [0.25, 0.3) is 0 Å². The minimum atomic E-state index is -3.15. The second kappa shape index (κ2) is 1.75. The van der Waals surface area contributed by atoms with Crippen LogP contribution in [-0.2, 0) is 31.2 Å². The Balaban J connectivity index is 2.57. The van der Waals surface area contributed by atoms with Crippen molar-refractivity contribution in [2.24, 2.45) is 0 Å². The fourth-order valence-corrected chi connectivity index (χ4v) is 0.492. The van der Waals surface area contributed by atoms with Crippen molar-refractivity contribution in [1.82, 2.24) is 0 Å². The van der Waals surface area contributed by atoms with E-state index in [4.69, 9.17) is 4.89 Å². The summed E-state index contributed by atoms with van der Waals surface area (Å²) in [6, 6.07) is 0. The topological polar surface area (TPSA) is 57.2 Å². The van der Waals surface area contributed by atoms with Gasteiger partial charge in [0.05, 0.1) is 0 Å². The molecule has 42 valence electrons. The Bertz CT molecular complexity index is 98.6. The van der Waals surface area contributed by atoms with Crippen LogP contribution in [-0.4, -0.2) is 4.89 Å². The van der Waals surface area contributed by atoms with Gasteiger partial charge in [0, 0.05) is 0 Å². The lowest BCUT2D eigenvalue weighted by Gasteiger charge is -1.90. The normalized spacial score (nSPS) is 28.1. The molecular formula is HO5PS. The molecule has 1 rings (SSSR count). The summed E-state index contributed by atoms with van der Waals surface area (Å²) >= 11 is 4.18. The summed E-state index contributed by atoms with van der Waals surface area (Å²) in [7, 11) is 0. The van der Waals surface area contributed by atoms with Crippen LogP contribution in [0.1, 0.15) is 0 Å². The van der Waals surface area contributed by atoms with E-state index in [0.717, 1.165) is 0 Å². The monoisotopic (exact) mass is 144 g/mol. The molecule has 0 bridgehead atoms. The second-order valence-corrected chi connectivity index (χ2v) is 3.37. The first-order chi connectivity index (χ1) is 3.21. The molecule has 0 amide bonds. The summed E-state index contributed by atoms with van der Waals surface area (Å²) in [6.07, 6.45) is 0. The summed E-state index contributed by atoms with van der Waals surface area (Å²) < 4.78 is 7.75.